The van der Waals surface area contributed by atoms with Crippen LogP contribution >= 0.6 is 0 Å². The van der Waals surface area contributed by atoms with Crippen molar-refractivity contribution in [1.82, 2.24) is 29.8 Å². The molecule has 0 atom stereocenters. The molecule has 0 radical (unpaired) electrons. The molecule has 0 fully saturated rings. The fourth-order valence-electron chi connectivity index (χ4n) is 2.15. The summed E-state index contributed by atoms with van der Waals surface area (Å²) in [5.74, 6) is 0.542. The molecule has 0 unspecified atom stereocenters. The summed E-state index contributed by atoms with van der Waals surface area (Å²) in [5.41, 5.74) is 1.91. The van der Waals surface area contributed by atoms with Crippen molar-refractivity contribution in [3.63, 3.8) is 0 Å². The van der Waals surface area contributed by atoms with Gasteiger partial charge in [0.05, 0.1) is 11.6 Å². The molecule has 0 spiro atoms. The first-order valence-corrected chi connectivity index (χ1v) is 6.30. The minimum absolute atomic E-state index is 0.0846. The standard InChI is InChI=1S/C13H8F2N6O/c14-13(15)22-8-3-1-7(2-4-8)10-18-12-9-5-17-19-11(9)16-6-21(12)20-10/h1-6,13H,(H,17,19). The monoisotopic (exact) mass is 302 g/mol. The Kier molecular flexibility index (Phi) is 2.71. The molecule has 0 saturated carbocycles. The molecule has 4 rings (SSSR count). The summed E-state index contributed by atoms with van der Waals surface area (Å²) in [7, 11) is 0. The third kappa shape index (κ3) is 2.03. The molecular formula is C13H8F2N6O. The van der Waals surface area contributed by atoms with Crippen LogP contribution in [-0.2, 0) is 0 Å². The van der Waals surface area contributed by atoms with Crippen LogP contribution in [0.3, 0.4) is 0 Å². The first-order chi connectivity index (χ1) is 10.7. The summed E-state index contributed by atoms with van der Waals surface area (Å²) in [4.78, 5) is 8.60. The minimum Gasteiger partial charge on any atom is -0.435 e. The van der Waals surface area contributed by atoms with Crippen molar-refractivity contribution in [3.05, 3.63) is 36.8 Å². The van der Waals surface area contributed by atoms with Crippen LogP contribution in [0, 0.1) is 0 Å². The van der Waals surface area contributed by atoms with Gasteiger partial charge in [-0.1, -0.05) is 0 Å². The molecule has 4 aromatic rings. The van der Waals surface area contributed by atoms with Gasteiger partial charge in [-0.15, -0.1) is 5.10 Å². The zero-order valence-electron chi connectivity index (χ0n) is 10.9. The SMILES string of the molecule is FC(F)Oc1ccc(-c2nc3c4cn[nH]c4ncn3n2)cc1. The van der Waals surface area contributed by atoms with Crippen LogP contribution in [0.5, 0.6) is 5.75 Å². The maximum absolute atomic E-state index is 12.1. The Morgan fingerprint density at radius 1 is 1.18 bits per heavy atom. The van der Waals surface area contributed by atoms with Crippen LogP contribution in [0.1, 0.15) is 0 Å². The van der Waals surface area contributed by atoms with Crippen molar-refractivity contribution in [2.45, 2.75) is 6.61 Å². The lowest BCUT2D eigenvalue weighted by Gasteiger charge is -2.03. The van der Waals surface area contributed by atoms with E-state index >= 15 is 0 Å². The van der Waals surface area contributed by atoms with Gasteiger partial charge in [-0.2, -0.15) is 13.9 Å². The van der Waals surface area contributed by atoms with Gasteiger partial charge in [0.25, 0.3) is 0 Å². The van der Waals surface area contributed by atoms with Crippen molar-refractivity contribution < 1.29 is 13.5 Å². The summed E-state index contributed by atoms with van der Waals surface area (Å²) >= 11 is 0. The number of ether oxygens (including phenoxy) is 1. The summed E-state index contributed by atoms with van der Waals surface area (Å²) in [6.45, 7) is -2.85. The van der Waals surface area contributed by atoms with Crippen LogP contribution in [0.15, 0.2) is 36.8 Å². The number of aromatic amines is 1. The van der Waals surface area contributed by atoms with E-state index in [1.54, 1.807) is 18.3 Å². The molecule has 0 amide bonds. The molecule has 22 heavy (non-hydrogen) atoms. The van der Waals surface area contributed by atoms with Gasteiger partial charge in [-0.05, 0) is 24.3 Å². The first-order valence-electron chi connectivity index (χ1n) is 6.30. The second-order valence-corrected chi connectivity index (χ2v) is 4.48. The predicted molar refractivity (Wildman–Crippen MR) is 72.5 cm³/mol. The highest BCUT2D eigenvalue weighted by Crippen LogP contribution is 2.22. The van der Waals surface area contributed by atoms with E-state index in [0.717, 1.165) is 5.39 Å². The summed E-state index contributed by atoms with van der Waals surface area (Å²) in [6.07, 6.45) is 3.15. The number of halogens is 2. The summed E-state index contributed by atoms with van der Waals surface area (Å²) in [5, 5.41) is 11.7. The second kappa shape index (κ2) is 4.72. The molecule has 1 aromatic carbocycles. The Balaban J connectivity index is 1.77. The van der Waals surface area contributed by atoms with Gasteiger partial charge in [0.1, 0.15) is 12.1 Å². The molecule has 0 bridgehead atoms. The molecule has 3 heterocycles. The average molecular weight is 302 g/mol. The Hall–Kier alpha value is -3.10. The molecule has 0 aliphatic carbocycles. The second-order valence-electron chi connectivity index (χ2n) is 4.48. The summed E-state index contributed by atoms with van der Waals surface area (Å²) in [6, 6.07) is 6.12. The molecule has 7 nitrogen and oxygen atoms in total. The smallest absolute Gasteiger partial charge is 0.387 e. The summed E-state index contributed by atoms with van der Waals surface area (Å²) < 4.78 is 30.1. The highest BCUT2D eigenvalue weighted by atomic mass is 19.3. The van der Waals surface area contributed by atoms with E-state index in [1.807, 2.05) is 0 Å². The third-order valence-electron chi connectivity index (χ3n) is 3.13. The number of H-pyrrole nitrogens is 1. The molecule has 0 saturated heterocycles. The lowest BCUT2D eigenvalue weighted by molar-refractivity contribution is -0.0498. The van der Waals surface area contributed by atoms with Gasteiger partial charge >= 0.3 is 6.61 Å². The van der Waals surface area contributed by atoms with E-state index in [-0.39, 0.29) is 5.75 Å². The number of fused-ring (bicyclic) bond motifs is 3. The van der Waals surface area contributed by atoms with Crippen LogP contribution in [0.2, 0.25) is 0 Å². The maximum Gasteiger partial charge on any atom is 0.387 e. The zero-order valence-corrected chi connectivity index (χ0v) is 10.9. The van der Waals surface area contributed by atoms with Crippen molar-refractivity contribution in [3.8, 4) is 17.1 Å². The van der Waals surface area contributed by atoms with E-state index in [2.05, 4.69) is 30.0 Å². The van der Waals surface area contributed by atoms with Crippen molar-refractivity contribution in [1.29, 1.82) is 0 Å². The largest absolute Gasteiger partial charge is 0.435 e. The van der Waals surface area contributed by atoms with Gasteiger partial charge < -0.3 is 4.74 Å². The van der Waals surface area contributed by atoms with Crippen molar-refractivity contribution in [2.24, 2.45) is 0 Å². The quantitative estimate of drug-likeness (QED) is 0.628. The number of rotatable bonds is 3. The predicted octanol–water partition coefficient (Wildman–Crippen LogP) is 2.27. The molecule has 0 aliphatic rings. The Bertz CT molecular complexity index is 946. The van der Waals surface area contributed by atoms with Crippen molar-refractivity contribution in [2.75, 3.05) is 0 Å². The molecule has 9 heteroatoms. The number of benzene rings is 1. The van der Waals surface area contributed by atoms with Crippen LogP contribution in [-0.4, -0.2) is 36.4 Å². The molecule has 0 aliphatic heterocycles. The van der Waals surface area contributed by atoms with Crippen LogP contribution in [0.4, 0.5) is 8.78 Å². The molecule has 1 N–H and O–H groups in total. The van der Waals surface area contributed by atoms with E-state index in [1.165, 1.54) is 23.0 Å². The highest BCUT2D eigenvalue weighted by Gasteiger charge is 2.11. The van der Waals surface area contributed by atoms with Gasteiger partial charge in [-0.25, -0.2) is 14.5 Å². The Morgan fingerprint density at radius 2 is 2.00 bits per heavy atom. The zero-order chi connectivity index (χ0) is 15.1. The third-order valence-corrected chi connectivity index (χ3v) is 3.13. The number of aromatic nitrogens is 6. The Morgan fingerprint density at radius 3 is 2.77 bits per heavy atom. The lowest BCUT2D eigenvalue weighted by atomic mass is 10.2. The maximum atomic E-state index is 12.1. The topological polar surface area (TPSA) is 81.0 Å². The first kappa shape index (κ1) is 12.6. The van der Waals surface area contributed by atoms with Crippen LogP contribution < -0.4 is 4.74 Å². The molecule has 110 valence electrons. The van der Waals surface area contributed by atoms with Gasteiger partial charge in [-0.3, -0.25) is 5.10 Å². The number of nitrogens with zero attached hydrogens (tertiary/aromatic N) is 5. The van der Waals surface area contributed by atoms with E-state index in [9.17, 15) is 8.78 Å². The number of hydrogen-bond donors (Lipinski definition) is 1. The Labute approximate surface area is 121 Å². The van der Waals surface area contributed by atoms with E-state index < -0.39 is 6.61 Å². The van der Waals surface area contributed by atoms with Gasteiger partial charge in [0.15, 0.2) is 17.1 Å². The van der Waals surface area contributed by atoms with Crippen molar-refractivity contribution >= 4 is 16.7 Å². The number of hydrogen-bond acceptors (Lipinski definition) is 5. The van der Waals surface area contributed by atoms with Crippen LogP contribution in [0.25, 0.3) is 28.1 Å². The van der Waals surface area contributed by atoms with E-state index in [4.69, 9.17) is 0 Å². The minimum atomic E-state index is -2.85. The number of alkyl halides is 2. The lowest BCUT2D eigenvalue weighted by Crippen LogP contribution is -2.01. The van der Waals surface area contributed by atoms with Gasteiger partial charge in [0, 0.05) is 5.56 Å². The molecular weight excluding hydrogens is 294 g/mol. The molecule has 3 aromatic heterocycles. The van der Waals surface area contributed by atoms with E-state index in [0.29, 0.717) is 22.7 Å². The number of nitrogens with one attached hydrogen (secondary N) is 1. The van der Waals surface area contributed by atoms with Gasteiger partial charge in [0.2, 0.25) is 0 Å². The highest BCUT2D eigenvalue weighted by molar-refractivity contribution is 5.88. The average Bonchev–Trinajstić information content (AvgIpc) is 3.13. The fourth-order valence-corrected chi connectivity index (χ4v) is 2.15. The fraction of sp³-hybridized carbons (Fsp3) is 0.0769. The normalized spacial score (nSPS) is 11.6.